The van der Waals surface area contributed by atoms with Gasteiger partial charge in [-0.15, -0.1) is 0 Å². The van der Waals surface area contributed by atoms with Gasteiger partial charge in [-0.05, 0) is 38.0 Å². The normalized spacial score (nSPS) is 11.6. The minimum absolute atomic E-state index is 1.05. The summed E-state index contributed by atoms with van der Waals surface area (Å²) in [4.78, 5) is 9.76. The van der Waals surface area contributed by atoms with Crippen LogP contribution in [0.4, 0.5) is 0 Å². The Bertz CT molecular complexity index is 1020. The van der Waals surface area contributed by atoms with E-state index < -0.39 is 0 Å². The van der Waals surface area contributed by atoms with Gasteiger partial charge in [-0.1, -0.05) is 36.4 Å². The quantitative estimate of drug-likeness (QED) is 0.337. The van der Waals surface area contributed by atoms with Crippen LogP contribution in [0.2, 0.25) is 0 Å². The number of hydrogen-bond acceptors (Lipinski definition) is 2. The van der Waals surface area contributed by atoms with Crippen LogP contribution < -0.4 is 0 Å². The second kappa shape index (κ2) is 4.26. The number of aryl methyl sites for hydroxylation is 3. The number of hydrogen-bond donors (Lipinski definition) is 0. The van der Waals surface area contributed by atoms with E-state index in [4.69, 9.17) is 9.97 Å². The Balaban J connectivity index is 2.36. The summed E-state index contributed by atoms with van der Waals surface area (Å²) in [6.07, 6.45) is 0. The van der Waals surface area contributed by atoms with Crippen LogP contribution >= 0.6 is 0 Å². The van der Waals surface area contributed by atoms with Crippen LogP contribution in [0, 0.1) is 20.8 Å². The number of rotatable bonds is 0. The molecule has 2 aromatic heterocycles. The monoisotopic (exact) mass is 272 g/mol. The zero-order valence-electron chi connectivity index (χ0n) is 12.4. The standard InChI is InChI=1S/C19H16N2/c1-11-7-6-9-15-18(11)20-13(3)17-12(2)14-8-4-5-10-16(14)21-19(15)17/h4-10H,1-3H3. The molecule has 2 aromatic carbocycles. The Morgan fingerprint density at radius 3 is 2.33 bits per heavy atom. The van der Waals surface area contributed by atoms with Crippen molar-refractivity contribution < 1.29 is 0 Å². The lowest BCUT2D eigenvalue weighted by Gasteiger charge is -2.12. The minimum atomic E-state index is 1.05. The molecule has 0 unspecified atom stereocenters. The minimum Gasteiger partial charge on any atom is -0.252 e. The van der Waals surface area contributed by atoms with E-state index in [0.717, 1.165) is 27.6 Å². The molecular weight excluding hydrogens is 256 g/mol. The average molecular weight is 272 g/mol. The molecule has 0 aliphatic carbocycles. The summed E-state index contributed by atoms with van der Waals surface area (Å²) in [5.41, 5.74) is 6.70. The molecule has 0 aliphatic rings. The van der Waals surface area contributed by atoms with Crippen molar-refractivity contribution in [3.8, 4) is 0 Å². The molecule has 0 aliphatic heterocycles. The Kier molecular flexibility index (Phi) is 2.49. The second-order valence-electron chi connectivity index (χ2n) is 5.65. The van der Waals surface area contributed by atoms with E-state index in [-0.39, 0.29) is 0 Å². The number of para-hydroxylation sites is 2. The van der Waals surface area contributed by atoms with Gasteiger partial charge in [0.1, 0.15) is 0 Å². The van der Waals surface area contributed by atoms with Crippen LogP contribution in [0.5, 0.6) is 0 Å². The van der Waals surface area contributed by atoms with E-state index in [1.54, 1.807) is 0 Å². The molecular formula is C19H16N2. The van der Waals surface area contributed by atoms with Crippen LogP contribution in [0.25, 0.3) is 32.7 Å². The first-order valence-corrected chi connectivity index (χ1v) is 7.22. The summed E-state index contributed by atoms with van der Waals surface area (Å²) >= 11 is 0. The third kappa shape index (κ3) is 1.65. The molecule has 0 amide bonds. The van der Waals surface area contributed by atoms with Gasteiger partial charge in [0.2, 0.25) is 0 Å². The molecule has 4 aromatic rings. The highest BCUT2D eigenvalue weighted by Gasteiger charge is 2.13. The predicted molar refractivity (Wildman–Crippen MR) is 88.8 cm³/mol. The van der Waals surface area contributed by atoms with Gasteiger partial charge < -0.3 is 0 Å². The maximum absolute atomic E-state index is 4.93. The molecule has 4 rings (SSSR count). The first kappa shape index (κ1) is 12.3. The van der Waals surface area contributed by atoms with Gasteiger partial charge in [-0.3, -0.25) is 4.98 Å². The van der Waals surface area contributed by atoms with E-state index in [1.165, 1.54) is 21.9 Å². The second-order valence-corrected chi connectivity index (χ2v) is 5.65. The summed E-state index contributed by atoms with van der Waals surface area (Å²) in [5.74, 6) is 0. The molecule has 0 saturated carbocycles. The summed E-state index contributed by atoms with van der Waals surface area (Å²) in [5, 5.41) is 3.54. The Hall–Kier alpha value is -2.48. The van der Waals surface area contributed by atoms with Gasteiger partial charge >= 0.3 is 0 Å². The van der Waals surface area contributed by atoms with Crippen LogP contribution in [-0.4, -0.2) is 9.97 Å². The molecule has 102 valence electrons. The molecule has 0 radical (unpaired) electrons. The molecule has 0 atom stereocenters. The van der Waals surface area contributed by atoms with Gasteiger partial charge in [0, 0.05) is 21.9 Å². The van der Waals surface area contributed by atoms with Crippen molar-refractivity contribution in [2.24, 2.45) is 0 Å². The Morgan fingerprint density at radius 2 is 1.48 bits per heavy atom. The van der Waals surface area contributed by atoms with E-state index >= 15 is 0 Å². The lowest BCUT2D eigenvalue weighted by molar-refractivity contribution is 1.26. The van der Waals surface area contributed by atoms with Crippen molar-refractivity contribution in [3.05, 3.63) is 59.3 Å². The zero-order chi connectivity index (χ0) is 14.6. The third-order valence-corrected chi connectivity index (χ3v) is 4.29. The fourth-order valence-electron chi connectivity index (χ4n) is 3.24. The summed E-state index contributed by atoms with van der Waals surface area (Å²) in [7, 11) is 0. The van der Waals surface area contributed by atoms with Crippen molar-refractivity contribution in [1.82, 2.24) is 9.97 Å². The van der Waals surface area contributed by atoms with Crippen molar-refractivity contribution in [3.63, 3.8) is 0 Å². The van der Waals surface area contributed by atoms with E-state index in [1.807, 2.05) is 6.07 Å². The summed E-state index contributed by atoms with van der Waals surface area (Å²) < 4.78 is 0. The summed E-state index contributed by atoms with van der Waals surface area (Å²) in [6, 6.07) is 14.6. The Morgan fingerprint density at radius 1 is 0.714 bits per heavy atom. The maximum atomic E-state index is 4.93. The van der Waals surface area contributed by atoms with Crippen molar-refractivity contribution >= 4 is 32.7 Å². The molecule has 0 fully saturated rings. The molecule has 2 heteroatoms. The molecule has 2 heterocycles. The molecule has 0 N–H and O–H groups in total. The fraction of sp³-hybridized carbons (Fsp3) is 0.158. The van der Waals surface area contributed by atoms with E-state index in [9.17, 15) is 0 Å². The highest BCUT2D eigenvalue weighted by molar-refractivity contribution is 6.10. The fourth-order valence-corrected chi connectivity index (χ4v) is 3.24. The van der Waals surface area contributed by atoms with Gasteiger partial charge in [0.25, 0.3) is 0 Å². The average Bonchev–Trinajstić information content (AvgIpc) is 2.48. The van der Waals surface area contributed by atoms with Gasteiger partial charge in [0.05, 0.1) is 16.6 Å². The topological polar surface area (TPSA) is 25.8 Å². The molecule has 21 heavy (non-hydrogen) atoms. The van der Waals surface area contributed by atoms with Gasteiger partial charge in [-0.2, -0.15) is 0 Å². The smallest absolute Gasteiger partial charge is 0.0824 e. The first-order chi connectivity index (χ1) is 10.2. The zero-order valence-corrected chi connectivity index (χ0v) is 12.4. The number of pyridine rings is 2. The lowest BCUT2D eigenvalue weighted by atomic mass is 9.99. The highest BCUT2D eigenvalue weighted by atomic mass is 14.8. The van der Waals surface area contributed by atoms with Crippen molar-refractivity contribution in [2.75, 3.05) is 0 Å². The maximum Gasteiger partial charge on any atom is 0.0824 e. The van der Waals surface area contributed by atoms with Gasteiger partial charge in [-0.25, -0.2) is 4.98 Å². The van der Waals surface area contributed by atoms with Crippen molar-refractivity contribution in [2.45, 2.75) is 20.8 Å². The van der Waals surface area contributed by atoms with Crippen molar-refractivity contribution in [1.29, 1.82) is 0 Å². The molecule has 0 saturated heterocycles. The van der Waals surface area contributed by atoms with Gasteiger partial charge in [0.15, 0.2) is 0 Å². The van der Waals surface area contributed by atoms with E-state index in [2.05, 4.69) is 57.2 Å². The highest BCUT2D eigenvalue weighted by Crippen LogP contribution is 2.32. The lowest BCUT2D eigenvalue weighted by Crippen LogP contribution is -1.95. The summed E-state index contributed by atoms with van der Waals surface area (Å²) in [6.45, 7) is 6.36. The SMILES string of the molecule is Cc1cccc2c1nc(C)c1c(C)c3ccccc3nc12. The first-order valence-electron chi connectivity index (χ1n) is 7.22. The number of fused-ring (bicyclic) bond motifs is 4. The number of nitrogens with zero attached hydrogens (tertiary/aromatic N) is 2. The van der Waals surface area contributed by atoms with Crippen LogP contribution in [0.1, 0.15) is 16.8 Å². The third-order valence-electron chi connectivity index (χ3n) is 4.29. The number of benzene rings is 2. The van der Waals surface area contributed by atoms with Crippen LogP contribution in [0.15, 0.2) is 42.5 Å². The molecule has 0 bridgehead atoms. The predicted octanol–water partition coefficient (Wildman–Crippen LogP) is 4.86. The van der Waals surface area contributed by atoms with Crippen LogP contribution in [0.3, 0.4) is 0 Å². The molecule has 2 nitrogen and oxygen atoms in total. The van der Waals surface area contributed by atoms with Crippen LogP contribution in [-0.2, 0) is 0 Å². The van der Waals surface area contributed by atoms with E-state index in [0.29, 0.717) is 0 Å². The number of aromatic nitrogens is 2. The molecule has 0 spiro atoms. The Labute approximate surface area is 123 Å². The largest absolute Gasteiger partial charge is 0.252 e.